The van der Waals surface area contributed by atoms with E-state index in [-0.39, 0.29) is 6.04 Å². The molecule has 21 heavy (non-hydrogen) atoms. The van der Waals surface area contributed by atoms with E-state index in [0.717, 1.165) is 15.4 Å². The fourth-order valence-electron chi connectivity index (χ4n) is 1.83. The average Bonchev–Trinajstić information content (AvgIpc) is 2.74. The molecule has 0 amide bonds. The highest BCUT2D eigenvalue weighted by atomic mass is 79.9. The van der Waals surface area contributed by atoms with Crippen LogP contribution in [-0.4, -0.2) is 0 Å². The van der Waals surface area contributed by atoms with Gasteiger partial charge in [0.15, 0.2) is 0 Å². The van der Waals surface area contributed by atoms with E-state index < -0.39 is 11.7 Å². The molecular formula is C14H12BrClF3NS. The van der Waals surface area contributed by atoms with Crippen LogP contribution in [0.5, 0.6) is 0 Å². The molecule has 1 aromatic heterocycles. The lowest BCUT2D eigenvalue weighted by Crippen LogP contribution is -2.18. The zero-order valence-corrected chi connectivity index (χ0v) is 14.1. The Morgan fingerprint density at radius 1 is 1.33 bits per heavy atom. The van der Waals surface area contributed by atoms with Crippen molar-refractivity contribution in [2.45, 2.75) is 25.7 Å². The lowest BCUT2D eigenvalue weighted by molar-refractivity contribution is -0.137. The summed E-state index contributed by atoms with van der Waals surface area (Å²) in [5, 5.41) is 3.20. The lowest BCUT2D eigenvalue weighted by Gasteiger charge is -2.15. The molecule has 2 rings (SSSR count). The van der Waals surface area contributed by atoms with Gasteiger partial charge in [-0.2, -0.15) is 13.2 Å². The van der Waals surface area contributed by atoms with Crippen molar-refractivity contribution in [2.75, 3.05) is 0 Å². The van der Waals surface area contributed by atoms with Gasteiger partial charge < -0.3 is 5.32 Å². The molecule has 0 radical (unpaired) electrons. The molecule has 0 saturated carbocycles. The third-order valence-corrected chi connectivity index (χ3v) is 5.47. The summed E-state index contributed by atoms with van der Waals surface area (Å²) in [6.45, 7) is 2.38. The molecule has 0 aliphatic heterocycles. The zero-order chi connectivity index (χ0) is 15.6. The minimum absolute atomic E-state index is 0.188. The Hall–Kier alpha value is -0.560. The van der Waals surface area contributed by atoms with Crippen molar-refractivity contribution in [1.82, 2.24) is 5.32 Å². The highest BCUT2D eigenvalue weighted by Gasteiger charge is 2.30. The van der Waals surface area contributed by atoms with Crippen molar-refractivity contribution < 1.29 is 13.2 Å². The number of nitrogens with one attached hydrogen (secondary N) is 1. The third-order valence-electron chi connectivity index (χ3n) is 2.99. The summed E-state index contributed by atoms with van der Waals surface area (Å²) < 4.78 is 39.6. The molecule has 114 valence electrons. The van der Waals surface area contributed by atoms with Gasteiger partial charge in [0.05, 0.1) is 5.56 Å². The molecule has 0 saturated heterocycles. The number of benzene rings is 1. The van der Waals surface area contributed by atoms with Crippen LogP contribution in [0.2, 0.25) is 4.34 Å². The van der Waals surface area contributed by atoms with Crippen LogP contribution in [0.1, 0.15) is 29.0 Å². The second kappa shape index (κ2) is 6.69. The molecule has 0 bridgehead atoms. The van der Waals surface area contributed by atoms with Crippen LogP contribution in [0.3, 0.4) is 0 Å². The summed E-state index contributed by atoms with van der Waals surface area (Å²) in [5.41, 5.74) is -0.0258. The van der Waals surface area contributed by atoms with E-state index in [1.54, 1.807) is 6.07 Å². The van der Waals surface area contributed by atoms with E-state index in [9.17, 15) is 13.2 Å². The fourth-order valence-corrected chi connectivity index (χ4v) is 3.58. The standard InChI is InChI=1S/C14H12BrClF3NS/c1-8(20-7-11-6-12(15)13(16)21-11)9-3-2-4-10(5-9)14(17,18)19/h2-6,8,20H,7H2,1H3. The third kappa shape index (κ3) is 4.45. The Balaban J connectivity index is 2.05. The molecule has 1 N–H and O–H groups in total. The number of halogens is 5. The minimum Gasteiger partial charge on any atom is -0.305 e. The Morgan fingerprint density at radius 3 is 2.62 bits per heavy atom. The highest BCUT2D eigenvalue weighted by molar-refractivity contribution is 9.10. The normalized spacial score (nSPS) is 13.4. The van der Waals surface area contributed by atoms with E-state index in [2.05, 4.69) is 21.2 Å². The van der Waals surface area contributed by atoms with Crippen molar-refractivity contribution >= 4 is 38.9 Å². The first-order valence-electron chi connectivity index (χ1n) is 6.11. The molecule has 1 heterocycles. The largest absolute Gasteiger partial charge is 0.416 e. The predicted molar refractivity (Wildman–Crippen MR) is 83.7 cm³/mol. The van der Waals surface area contributed by atoms with Gasteiger partial charge >= 0.3 is 6.18 Å². The van der Waals surface area contributed by atoms with Crippen LogP contribution in [0.4, 0.5) is 13.2 Å². The van der Waals surface area contributed by atoms with Crippen molar-refractivity contribution in [1.29, 1.82) is 0 Å². The molecule has 2 aromatic rings. The van der Waals surface area contributed by atoms with Crippen LogP contribution in [0, 0.1) is 0 Å². The zero-order valence-electron chi connectivity index (χ0n) is 11.0. The summed E-state index contributed by atoms with van der Waals surface area (Å²) in [6, 6.07) is 7.08. The first-order valence-corrected chi connectivity index (χ1v) is 8.10. The topological polar surface area (TPSA) is 12.0 Å². The minimum atomic E-state index is -4.32. The van der Waals surface area contributed by atoms with Gasteiger partial charge in [-0.05, 0) is 46.6 Å². The van der Waals surface area contributed by atoms with Crippen LogP contribution < -0.4 is 5.32 Å². The average molecular weight is 399 g/mol. The maximum atomic E-state index is 12.7. The van der Waals surface area contributed by atoms with Gasteiger partial charge in [-0.15, -0.1) is 11.3 Å². The first-order chi connectivity index (χ1) is 9.77. The van der Waals surface area contributed by atoms with E-state index >= 15 is 0 Å². The van der Waals surface area contributed by atoms with Crippen LogP contribution in [0.15, 0.2) is 34.8 Å². The number of hydrogen-bond acceptors (Lipinski definition) is 2. The molecule has 7 heteroatoms. The maximum Gasteiger partial charge on any atom is 0.416 e. The van der Waals surface area contributed by atoms with E-state index in [0.29, 0.717) is 16.4 Å². The number of alkyl halides is 3. The van der Waals surface area contributed by atoms with Crippen molar-refractivity contribution in [3.8, 4) is 0 Å². The predicted octanol–water partition coefficient (Wildman–Crippen LogP) is 6.03. The maximum absolute atomic E-state index is 12.7. The second-order valence-electron chi connectivity index (χ2n) is 4.56. The number of rotatable bonds is 4. The fraction of sp³-hybridized carbons (Fsp3) is 0.286. The summed E-state index contributed by atoms with van der Waals surface area (Å²) in [7, 11) is 0. The van der Waals surface area contributed by atoms with Crippen molar-refractivity contribution in [2.24, 2.45) is 0 Å². The SMILES string of the molecule is CC(NCc1cc(Br)c(Cl)s1)c1cccc(C(F)(F)F)c1. The van der Waals surface area contributed by atoms with E-state index in [4.69, 9.17) is 11.6 Å². The van der Waals surface area contributed by atoms with Gasteiger partial charge in [0.2, 0.25) is 0 Å². The van der Waals surface area contributed by atoms with Gasteiger partial charge in [-0.3, -0.25) is 0 Å². The van der Waals surface area contributed by atoms with Crippen molar-refractivity contribution in [3.63, 3.8) is 0 Å². The molecule has 1 atom stereocenters. The Kier molecular flexibility index (Phi) is 5.35. The summed E-state index contributed by atoms with van der Waals surface area (Å²) in [4.78, 5) is 1.02. The van der Waals surface area contributed by atoms with Gasteiger partial charge in [0, 0.05) is 21.9 Å². The Bertz CT molecular complexity index is 607. The molecular weight excluding hydrogens is 387 g/mol. The lowest BCUT2D eigenvalue weighted by atomic mass is 10.0. The van der Waals surface area contributed by atoms with Crippen molar-refractivity contribution in [3.05, 3.63) is 55.1 Å². The summed E-state index contributed by atoms with van der Waals surface area (Å²) in [5.74, 6) is 0. The number of hydrogen-bond donors (Lipinski definition) is 1. The van der Waals surface area contributed by atoms with Crippen LogP contribution in [0.25, 0.3) is 0 Å². The molecule has 0 aliphatic rings. The van der Waals surface area contributed by atoms with E-state index in [1.165, 1.54) is 23.5 Å². The Morgan fingerprint density at radius 2 is 2.05 bits per heavy atom. The van der Waals surface area contributed by atoms with Crippen LogP contribution in [-0.2, 0) is 12.7 Å². The van der Waals surface area contributed by atoms with Gasteiger partial charge in [0.1, 0.15) is 4.34 Å². The molecule has 0 fully saturated rings. The van der Waals surface area contributed by atoms with Gasteiger partial charge in [-0.25, -0.2) is 0 Å². The highest BCUT2D eigenvalue weighted by Crippen LogP contribution is 2.33. The quantitative estimate of drug-likeness (QED) is 0.662. The molecule has 1 unspecified atom stereocenters. The van der Waals surface area contributed by atoms with Crippen LogP contribution >= 0.6 is 38.9 Å². The smallest absolute Gasteiger partial charge is 0.305 e. The summed E-state index contributed by atoms with van der Waals surface area (Å²) in [6.07, 6.45) is -4.32. The molecule has 1 aromatic carbocycles. The molecule has 1 nitrogen and oxygen atoms in total. The molecule has 0 aliphatic carbocycles. The van der Waals surface area contributed by atoms with Gasteiger partial charge in [-0.1, -0.05) is 23.7 Å². The van der Waals surface area contributed by atoms with E-state index in [1.807, 2.05) is 13.0 Å². The second-order valence-corrected chi connectivity index (χ2v) is 7.15. The number of thiophene rings is 1. The van der Waals surface area contributed by atoms with Gasteiger partial charge in [0.25, 0.3) is 0 Å². The Labute approximate surface area is 138 Å². The first kappa shape index (κ1) is 16.8. The monoisotopic (exact) mass is 397 g/mol. The summed E-state index contributed by atoms with van der Waals surface area (Å²) >= 11 is 10.7. The molecule has 0 spiro atoms.